The van der Waals surface area contributed by atoms with E-state index in [1.807, 2.05) is 6.07 Å². The van der Waals surface area contributed by atoms with E-state index in [0.29, 0.717) is 11.3 Å². The summed E-state index contributed by atoms with van der Waals surface area (Å²) in [7, 11) is 0. The van der Waals surface area contributed by atoms with E-state index in [9.17, 15) is 4.39 Å². The minimum Gasteiger partial charge on any atom is -0.395 e. The van der Waals surface area contributed by atoms with Crippen molar-refractivity contribution in [3.63, 3.8) is 0 Å². The van der Waals surface area contributed by atoms with E-state index in [2.05, 4.69) is 10.3 Å². The van der Waals surface area contributed by atoms with Gasteiger partial charge in [-0.15, -0.1) is 0 Å². The number of anilines is 3. The highest BCUT2D eigenvalue weighted by molar-refractivity contribution is 6.30. The van der Waals surface area contributed by atoms with Gasteiger partial charge < -0.3 is 11.1 Å². The normalized spacial score (nSPS) is 9.83. The molecule has 1 heterocycles. The zero-order chi connectivity index (χ0) is 13.1. The van der Waals surface area contributed by atoms with Crippen molar-refractivity contribution in [2.75, 3.05) is 11.1 Å². The number of nitrogen functional groups attached to an aromatic ring is 1. The summed E-state index contributed by atoms with van der Waals surface area (Å²) in [4.78, 5) is 3.99. The van der Waals surface area contributed by atoms with E-state index >= 15 is 0 Å². The molecule has 4 nitrogen and oxygen atoms in total. The third-order valence-electron chi connectivity index (χ3n) is 2.24. The van der Waals surface area contributed by atoms with Gasteiger partial charge in [-0.2, -0.15) is 5.26 Å². The van der Waals surface area contributed by atoms with Crippen LogP contribution in [0.5, 0.6) is 0 Å². The minimum atomic E-state index is -0.472. The molecule has 0 spiro atoms. The van der Waals surface area contributed by atoms with Crippen LogP contribution in [0.1, 0.15) is 5.56 Å². The maximum atomic E-state index is 13.1. The van der Waals surface area contributed by atoms with Gasteiger partial charge in [0, 0.05) is 16.9 Å². The van der Waals surface area contributed by atoms with E-state index in [-0.39, 0.29) is 16.5 Å². The van der Waals surface area contributed by atoms with Crippen LogP contribution in [0.25, 0.3) is 0 Å². The number of rotatable bonds is 2. The molecular formula is C12H8ClFN4. The van der Waals surface area contributed by atoms with Gasteiger partial charge in [0.15, 0.2) is 5.82 Å². The lowest BCUT2D eigenvalue weighted by atomic mass is 10.2. The highest BCUT2D eigenvalue weighted by Crippen LogP contribution is 2.25. The van der Waals surface area contributed by atoms with Crippen molar-refractivity contribution in [2.45, 2.75) is 0 Å². The second-order valence-corrected chi connectivity index (χ2v) is 3.95. The molecular weight excluding hydrogens is 255 g/mol. The maximum absolute atomic E-state index is 13.1. The molecule has 1 aromatic carbocycles. The SMILES string of the molecule is N#Cc1ccnc(Nc2cc(F)cc(Cl)c2)c1N. The van der Waals surface area contributed by atoms with Crippen molar-refractivity contribution in [2.24, 2.45) is 0 Å². The molecule has 0 aliphatic heterocycles. The van der Waals surface area contributed by atoms with E-state index < -0.39 is 5.82 Å². The zero-order valence-corrected chi connectivity index (χ0v) is 9.87. The Kier molecular flexibility index (Phi) is 3.31. The molecule has 2 rings (SSSR count). The van der Waals surface area contributed by atoms with Crippen molar-refractivity contribution < 1.29 is 4.39 Å². The van der Waals surface area contributed by atoms with Crippen LogP contribution in [-0.2, 0) is 0 Å². The van der Waals surface area contributed by atoms with Gasteiger partial charge in [0.2, 0.25) is 0 Å². The van der Waals surface area contributed by atoms with Gasteiger partial charge in [-0.1, -0.05) is 11.6 Å². The first kappa shape index (κ1) is 12.1. The van der Waals surface area contributed by atoms with Crippen molar-refractivity contribution >= 4 is 28.8 Å². The average molecular weight is 263 g/mol. The Labute approximate surface area is 108 Å². The van der Waals surface area contributed by atoms with Crippen molar-refractivity contribution in [1.29, 1.82) is 5.26 Å². The Morgan fingerprint density at radius 1 is 1.39 bits per heavy atom. The first-order valence-electron chi connectivity index (χ1n) is 4.98. The predicted octanol–water partition coefficient (Wildman–Crippen LogP) is 3.07. The minimum absolute atomic E-state index is 0.209. The molecule has 90 valence electrons. The van der Waals surface area contributed by atoms with E-state index in [0.717, 1.165) is 0 Å². The molecule has 6 heteroatoms. The van der Waals surface area contributed by atoms with Crippen molar-refractivity contribution in [3.8, 4) is 6.07 Å². The molecule has 18 heavy (non-hydrogen) atoms. The summed E-state index contributed by atoms with van der Waals surface area (Å²) in [6.45, 7) is 0. The zero-order valence-electron chi connectivity index (χ0n) is 9.11. The van der Waals surface area contributed by atoms with Gasteiger partial charge in [-0.05, 0) is 24.3 Å². The monoisotopic (exact) mass is 262 g/mol. The fourth-order valence-electron chi connectivity index (χ4n) is 1.43. The summed E-state index contributed by atoms with van der Waals surface area (Å²) >= 11 is 5.73. The van der Waals surface area contributed by atoms with Gasteiger partial charge in [0.1, 0.15) is 11.9 Å². The van der Waals surface area contributed by atoms with E-state index in [1.54, 1.807) is 0 Å². The summed E-state index contributed by atoms with van der Waals surface area (Å²) in [5.41, 5.74) is 6.66. The Balaban J connectivity index is 2.37. The molecule has 2 aromatic rings. The third kappa shape index (κ3) is 2.50. The summed E-state index contributed by atoms with van der Waals surface area (Å²) in [5.74, 6) is -0.185. The van der Waals surface area contributed by atoms with Crippen molar-refractivity contribution in [3.05, 3.63) is 46.9 Å². The molecule has 0 aliphatic rings. The van der Waals surface area contributed by atoms with Crippen LogP contribution in [0.2, 0.25) is 5.02 Å². The standard InChI is InChI=1S/C12H8ClFN4/c13-8-3-9(14)5-10(4-8)18-12-11(16)7(6-15)1-2-17-12/h1-5H,16H2,(H,17,18). The average Bonchev–Trinajstić information content (AvgIpc) is 2.30. The van der Waals surface area contributed by atoms with Crippen molar-refractivity contribution in [1.82, 2.24) is 4.98 Å². The lowest BCUT2D eigenvalue weighted by molar-refractivity contribution is 0.628. The predicted molar refractivity (Wildman–Crippen MR) is 68.1 cm³/mol. The van der Waals surface area contributed by atoms with Gasteiger partial charge in [-0.25, -0.2) is 9.37 Å². The van der Waals surface area contributed by atoms with Gasteiger partial charge in [0.05, 0.1) is 11.3 Å². The molecule has 0 radical (unpaired) electrons. The van der Waals surface area contributed by atoms with Crippen LogP contribution in [0.3, 0.4) is 0 Å². The Morgan fingerprint density at radius 3 is 2.83 bits per heavy atom. The highest BCUT2D eigenvalue weighted by Gasteiger charge is 2.07. The van der Waals surface area contributed by atoms with Crippen LogP contribution < -0.4 is 11.1 Å². The van der Waals surface area contributed by atoms with Crippen LogP contribution in [0.15, 0.2) is 30.5 Å². The Morgan fingerprint density at radius 2 is 2.17 bits per heavy atom. The molecule has 0 saturated carbocycles. The number of hydrogen-bond acceptors (Lipinski definition) is 4. The second-order valence-electron chi connectivity index (χ2n) is 3.52. The number of nitrogens with two attached hydrogens (primary N) is 1. The number of hydrogen-bond donors (Lipinski definition) is 2. The molecule has 0 fully saturated rings. The summed E-state index contributed by atoms with van der Waals surface area (Å²) < 4.78 is 13.1. The van der Waals surface area contributed by atoms with Gasteiger partial charge in [-0.3, -0.25) is 0 Å². The maximum Gasteiger partial charge on any atom is 0.154 e. The largest absolute Gasteiger partial charge is 0.395 e. The Hall–Kier alpha value is -2.32. The summed E-state index contributed by atoms with van der Waals surface area (Å²) in [6.07, 6.45) is 1.44. The van der Waals surface area contributed by atoms with Gasteiger partial charge in [0.25, 0.3) is 0 Å². The molecule has 3 N–H and O–H groups in total. The lowest BCUT2D eigenvalue weighted by Crippen LogP contribution is -2.01. The molecule has 0 amide bonds. The highest BCUT2D eigenvalue weighted by atomic mass is 35.5. The van der Waals surface area contributed by atoms with Crippen LogP contribution >= 0.6 is 11.6 Å². The first-order valence-corrected chi connectivity index (χ1v) is 5.35. The van der Waals surface area contributed by atoms with Gasteiger partial charge >= 0.3 is 0 Å². The number of aromatic nitrogens is 1. The number of nitrogens with one attached hydrogen (secondary N) is 1. The molecule has 0 unspecified atom stereocenters. The molecule has 0 aliphatic carbocycles. The number of pyridine rings is 1. The van der Waals surface area contributed by atoms with Crippen LogP contribution in [-0.4, -0.2) is 4.98 Å². The molecule has 0 bridgehead atoms. The molecule has 0 saturated heterocycles. The Bertz CT molecular complexity index is 616. The summed E-state index contributed by atoms with van der Waals surface area (Å²) in [6, 6.07) is 7.42. The number of nitrogens with zero attached hydrogens (tertiary/aromatic N) is 2. The fourth-order valence-corrected chi connectivity index (χ4v) is 1.65. The fraction of sp³-hybridized carbons (Fsp3) is 0. The van der Waals surface area contributed by atoms with Crippen LogP contribution in [0.4, 0.5) is 21.6 Å². The molecule has 0 atom stereocenters. The lowest BCUT2D eigenvalue weighted by Gasteiger charge is -2.09. The topological polar surface area (TPSA) is 74.7 Å². The second kappa shape index (κ2) is 4.90. The molecule has 1 aromatic heterocycles. The number of nitriles is 1. The number of benzene rings is 1. The quantitative estimate of drug-likeness (QED) is 0.872. The summed E-state index contributed by atoms with van der Waals surface area (Å²) in [5, 5.41) is 11.9. The third-order valence-corrected chi connectivity index (χ3v) is 2.45. The van der Waals surface area contributed by atoms with Crippen LogP contribution in [0, 0.1) is 17.1 Å². The number of halogens is 2. The van der Waals surface area contributed by atoms with E-state index in [1.165, 1.54) is 30.5 Å². The van der Waals surface area contributed by atoms with E-state index in [4.69, 9.17) is 22.6 Å². The smallest absolute Gasteiger partial charge is 0.154 e. The first-order chi connectivity index (χ1) is 8.60.